The molecule has 3 N–H and O–H groups in total. The van der Waals surface area contributed by atoms with Crippen molar-refractivity contribution >= 4 is 46.4 Å². The Morgan fingerprint density at radius 3 is 2.65 bits per heavy atom. The van der Waals surface area contributed by atoms with E-state index in [1.165, 1.54) is 12.3 Å². The molecule has 0 spiro atoms. The van der Waals surface area contributed by atoms with Crippen LogP contribution in [-0.2, 0) is 11.3 Å². The third-order valence-electron chi connectivity index (χ3n) is 4.20. The summed E-state index contributed by atoms with van der Waals surface area (Å²) in [6, 6.07) is 7.47. The highest BCUT2D eigenvalue weighted by Gasteiger charge is 2.14. The number of H-pyrrole nitrogens is 1. The zero-order chi connectivity index (χ0) is 21.8. The topological polar surface area (TPSA) is 113 Å². The van der Waals surface area contributed by atoms with Gasteiger partial charge in [-0.3, -0.25) is 14.6 Å². The van der Waals surface area contributed by atoms with E-state index in [9.17, 15) is 4.79 Å². The number of carbonyl (C=O) groups excluding carboxylic acids is 1. The Morgan fingerprint density at radius 1 is 1.13 bits per heavy atom. The van der Waals surface area contributed by atoms with E-state index in [0.29, 0.717) is 45.3 Å². The number of hydrogen-bond acceptors (Lipinski definition) is 6. The molecule has 0 saturated heterocycles. The van der Waals surface area contributed by atoms with E-state index in [0.717, 1.165) is 5.56 Å². The first-order valence-corrected chi connectivity index (χ1v) is 9.81. The van der Waals surface area contributed by atoms with Crippen LogP contribution < -0.4 is 10.6 Å². The van der Waals surface area contributed by atoms with Crippen LogP contribution in [0.4, 0.5) is 17.3 Å². The van der Waals surface area contributed by atoms with Crippen molar-refractivity contribution in [2.24, 2.45) is 0 Å². The van der Waals surface area contributed by atoms with Crippen LogP contribution in [0.3, 0.4) is 0 Å². The van der Waals surface area contributed by atoms with Gasteiger partial charge in [-0.1, -0.05) is 41.9 Å². The fraction of sp³-hybridized carbons (Fsp3) is 0.0500. The molecule has 3 aromatic heterocycles. The summed E-state index contributed by atoms with van der Waals surface area (Å²) in [5.41, 5.74) is 3.28. The number of benzene rings is 1. The van der Waals surface area contributed by atoms with Gasteiger partial charge in [0.25, 0.3) is 0 Å². The fourth-order valence-electron chi connectivity index (χ4n) is 2.75. The average molecular weight is 455 g/mol. The van der Waals surface area contributed by atoms with Gasteiger partial charge in [-0.25, -0.2) is 9.97 Å². The minimum Gasteiger partial charge on any atom is -0.323 e. The number of nitrogens with one attached hydrogen (secondary N) is 3. The highest BCUT2D eigenvalue weighted by Crippen LogP contribution is 2.30. The molecule has 0 aliphatic rings. The predicted molar refractivity (Wildman–Crippen MR) is 120 cm³/mol. The van der Waals surface area contributed by atoms with Gasteiger partial charge in [-0.15, -0.1) is 0 Å². The van der Waals surface area contributed by atoms with Crippen LogP contribution in [0.25, 0.3) is 11.4 Å². The van der Waals surface area contributed by atoms with Gasteiger partial charge in [0.1, 0.15) is 11.4 Å². The monoisotopic (exact) mass is 454 g/mol. The van der Waals surface area contributed by atoms with Gasteiger partial charge >= 0.3 is 0 Å². The lowest BCUT2D eigenvalue weighted by molar-refractivity contribution is -0.111. The number of amides is 1. The molecule has 0 aliphatic carbocycles. The Bertz CT molecular complexity index is 1230. The van der Waals surface area contributed by atoms with E-state index in [1.807, 2.05) is 30.5 Å². The van der Waals surface area contributed by atoms with Crippen LogP contribution in [-0.4, -0.2) is 35.9 Å². The summed E-state index contributed by atoms with van der Waals surface area (Å²) < 4.78 is 1.76. The molecule has 156 valence electrons. The van der Waals surface area contributed by atoms with Gasteiger partial charge in [0.05, 0.1) is 34.7 Å². The molecule has 0 aliphatic heterocycles. The first kappa shape index (κ1) is 20.6. The number of rotatable bonds is 7. The average Bonchev–Trinajstić information content (AvgIpc) is 3.39. The van der Waals surface area contributed by atoms with Crippen LogP contribution in [0.15, 0.2) is 61.7 Å². The molecule has 0 saturated carbocycles. The molecule has 3 heterocycles. The molecule has 1 aromatic carbocycles. The predicted octanol–water partition coefficient (Wildman–Crippen LogP) is 4.29. The standard InChI is InChI=1S/C20H16Cl2N8O/c1-2-17(31)26-13-5-3-12(4-6-13)10-30-11-14(7-25-30)27-20-23-8-15(21)18(28-20)19-16(22)9-24-29-19/h2-9,11H,1,10H2,(H,24,29)(H,26,31)(H,23,27,28). The van der Waals surface area contributed by atoms with E-state index in [1.54, 1.807) is 17.1 Å². The third-order valence-corrected chi connectivity index (χ3v) is 4.77. The number of hydrogen-bond donors (Lipinski definition) is 3. The smallest absolute Gasteiger partial charge is 0.247 e. The SMILES string of the molecule is C=CC(=O)Nc1ccc(Cn2cc(Nc3ncc(Cl)c(-c4n[nH]cc4Cl)n3)cn2)cc1. The van der Waals surface area contributed by atoms with Crippen molar-refractivity contribution in [3.05, 3.63) is 77.3 Å². The second-order valence-electron chi connectivity index (χ2n) is 6.41. The lowest BCUT2D eigenvalue weighted by atomic mass is 10.2. The largest absolute Gasteiger partial charge is 0.323 e. The summed E-state index contributed by atoms with van der Waals surface area (Å²) >= 11 is 12.3. The zero-order valence-electron chi connectivity index (χ0n) is 16.0. The fourth-order valence-corrected chi connectivity index (χ4v) is 3.11. The van der Waals surface area contributed by atoms with Crippen LogP contribution >= 0.6 is 23.2 Å². The molecule has 0 radical (unpaired) electrons. The number of aromatic nitrogens is 6. The van der Waals surface area contributed by atoms with Crippen molar-refractivity contribution in [1.82, 2.24) is 29.9 Å². The van der Waals surface area contributed by atoms with Gasteiger partial charge in [0.2, 0.25) is 11.9 Å². The second-order valence-corrected chi connectivity index (χ2v) is 7.23. The third kappa shape index (κ3) is 4.90. The van der Waals surface area contributed by atoms with E-state index in [2.05, 4.69) is 42.5 Å². The first-order valence-electron chi connectivity index (χ1n) is 9.06. The summed E-state index contributed by atoms with van der Waals surface area (Å²) in [4.78, 5) is 20.0. The molecule has 4 rings (SSSR count). The van der Waals surface area contributed by atoms with Crippen LogP contribution in [0, 0.1) is 0 Å². The Balaban J connectivity index is 1.44. The van der Waals surface area contributed by atoms with Crippen molar-refractivity contribution in [2.75, 3.05) is 10.6 Å². The summed E-state index contributed by atoms with van der Waals surface area (Å²) in [6.45, 7) is 3.98. The number of aromatic amines is 1. The molecule has 0 fully saturated rings. The summed E-state index contributed by atoms with van der Waals surface area (Å²) in [6.07, 6.45) is 7.74. The lowest BCUT2D eigenvalue weighted by Crippen LogP contribution is -2.07. The maximum Gasteiger partial charge on any atom is 0.247 e. The van der Waals surface area contributed by atoms with Crippen molar-refractivity contribution in [3.8, 4) is 11.4 Å². The summed E-state index contributed by atoms with van der Waals surface area (Å²) in [7, 11) is 0. The van der Waals surface area contributed by atoms with Crippen LogP contribution in [0.5, 0.6) is 0 Å². The molecular formula is C20H16Cl2N8O. The maximum absolute atomic E-state index is 11.4. The number of nitrogens with zero attached hydrogens (tertiary/aromatic N) is 5. The highest BCUT2D eigenvalue weighted by atomic mass is 35.5. The second kappa shape index (κ2) is 8.99. The Morgan fingerprint density at radius 2 is 1.94 bits per heavy atom. The number of anilines is 3. The normalized spacial score (nSPS) is 10.6. The van der Waals surface area contributed by atoms with E-state index in [4.69, 9.17) is 23.2 Å². The quantitative estimate of drug-likeness (QED) is 0.359. The van der Waals surface area contributed by atoms with Crippen molar-refractivity contribution < 1.29 is 4.79 Å². The molecule has 0 unspecified atom stereocenters. The number of halogens is 2. The first-order chi connectivity index (χ1) is 15.0. The molecule has 11 heteroatoms. The van der Waals surface area contributed by atoms with E-state index in [-0.39, 0.29) is 5.91 Å². The molecule has 0 atom stereocenters. The molecule has 9 nitrogen and oxygen atoms in total. The molecule has 0 bridgehead atoms. The van der Waals surface area contributed by atoms with Crippen LogP contribution in [0.2, 0.25) is 10.0 Å². The van der Waals surface area contributed by atoms with Gasteiger partial charge in [-0.05, 0) is 23.8 Å². The highest BCUT2D eigenvalue weighted by molar-refractivity contribution is 6.35. The molecule has 31 heavy (non-hydrogen) atoms. The zero-order valence-corrected chi connectivity index (χ0v) is 17.5. The molecule has 4 aromatic rings. The Kier molecular flexibility index (Phi) is 5.96. The molecular weight excluding hydrogens is 439 g/mol. The summed E-state index contributed by atoms with van der Waals surface area (Å²) in [5, 5.41) is 17.6. The van der Waals surface area contributed by atoms with Crippen molar-refractivity contribution in [3.63, 3.8) is 0 Å². The van der Waals surface area contributed by atoms with Gasteiger partial charge < -0.3 is 10.6 Å². The van der Waals surface area contributed by atoms with E-state index >= 15 is 0 Å². The van der Waals surface area contributed by atoms with E-state index < -0.39 is 0 Å². The Labute approximate surface area is 187 Å². The maximum atomic E-state index is 11.4. The minimum atomic E-state index is -0.252. The van der Waals surface area contributed by atoms with Crippen molar-refractivity contribution in [1.29, 1.82) is 0 Å². The lowest BCUT2D eigenvalue weighted by Gasteiger charge is -2.06. The van der Waals surface area contributed by atoms with Gasteiger partial charge in [0.15, 0.2) is 0 Å². The minimum absolute atomic E-state index is 0.252. The number of carbonyl (C=O) groups is 1. The van der Waals surface area contributed by atoms with Crippen molar-refractivity contribution in [2.45, 2.75) is 6.54 Å². The summed E-state index contributed by atoms with van der Waals surface area (Å²) in [5.74, 6) is 0.0815. The van der Waals surface area contributed by atoms with Gasteiger partial charge in [0, 0.05) is 18.1 Å². The Hall–Kier alpha value is -3.69. The molecule has 1 amide bonds. The van der Waals surface area contributed by atoms with Crippen LogP contribution in [0.1, 0.15) is 5.56 Å². The van der Waals surface area contributed by atoms with Gasteiger partial charge in [-0.2, -0.15) is 10.2 Å².